The van der Waals surface area contributed by atoms with Gasteiger partial charge in [-0.1, -0.05) is 37.3 Å². The highest BCUT2D eigenvalue weighted by atomic mass is 16.3. The molecule has 0 spiro atoms. The van der Waals surface area contributed by atoms with E-state index in [1.54, 1.807) is 18.2 Å². The van der Waals surface area contributed by atoms with E-state index in [0.29, 0.717) is 11.3 Å². The zero-order chi connectivity index (χ0) is 17.4. The SMILES string of the molecule is CCc1ccccc1NC(=O)CC(=O)NN=Cc1cccc(O)c1. The summed E-state index contributed by atoms with van der Waals surface area (Å²) in [4.78, 5) is 23.6. The van der Waals surface area contributed by atoms with Gasteiger partial charge in [0.2, 0.25) is 11.8 Å². The van der Waals surface area contributed by atoms with Crippen LogP contribution in [0.4, 0.5) is 5.69 Å². The van der Waals surface area contributed by atoms with Gasteiger partial charge in [-0.15, -0.1) is 0 Å². The summed E-state index contributed by atoms with van der Waals surface area (Å²) in [5.41, 5.74) is 4.64. The number of amides is 2. The number of carbonyl (C=O) groups excluding carboxylic acids is 2. The van der Waals surface area contributed by atoms with Gasteiger partial charge < -0.3 is 10.4 Å². The van der Waals surface area contributed by atoms with Crippen molar-refractivity contribution in [3.63, 3.8) is 0 Å². The number of benzene rings is 2. The highest BCUT2D eigenvalue weighted by molar-refractivity contribution is 6.04. The number of nitrogens with zero attached hydrogens (tertiary/aromatic N) is 1. The predicted octanol–water partition coefficient (Wildman–Crippen LogP) is 2.43. The van der Waals surface area contributed by atoms with Crippen LogP contribution >= 0.6 is 0 Å². The molecular weight excluding hydrogens is 306 g/mol. The second kappa shape index (κ2) is 8.47. The van der Waals surface area contributed by atoms with Crippen LogP contribution in [0.2, 0.25) is 0 Å². The summed E-state index contributed by atoms with van der Waals surface area (Å²) in [7, 11) is 0. The molecule has 6 nitrogen and oxygen atoms in total. The van der Waals surface area contributed by atoms with E-state index in [9.17, 15) is 14.7 Å². The minimum absolute atomic E-state index is 0.110. The molecule has 0 saturated carbocycles. The minimum Gasteiger partial charge on any atom is -0.508 e. The Morgan fingerprint density at radius 2 is 1.92 bits per heavy atom. The monoisotopic (exact) mass is 325 g/mol. The number of carbonyl (C=O) groups is 2. The van der Waals surface area contributed by atoms with E-state index in [4.69, 9.17) is 0 Å². The fourth-order valence-corrected chi connectivity index (χ4v) is 2.11. The van der Waals surface area contributed by atoms with Crippen LogP contribution in [-0.2, 0) is 16.0 Å². The van der Waals surface area contributed by atoms with Gasteiger partial charge >= 0.3 is 0 Å². The molecule has 0 fully saturated rings. The average Bonchev–Trinajstić information content (AvgIpc) is 2.55. The molecule has 0 atom stereocenters. The number of hydrogen-bond acceptors (Lipinski definition) is 4. The molecule has 0 saturated heterocycles. The number of aryl methyl sites for hydroxylation is 1. The number of phenols is 1. The lowest BCUT2D eigenvalue weighted by Gasteiger charge is -2.09. The zero-order valence-corrected chi connectivity index (χ0v) is 13.3. The van der Waals surface area contributed by atoms with E-state index in [1.807, 2.05) is 25.1 Å². The maximum atomic E-state index is 11.9. The lowest BCUT2D eigenvalue weighted by molar-refractivity contribution is -0.126. The number of rotatable bonds is 6. The second-order valence-corrected chi connectivity index (χ2v) is 5.12. The summed E-state index contributed by atoms with van der Waals surface area (Å²) in [6.07, 6.45) is 1.86. The molecule has 24 heavy (non-hydrogen) atoms. The Labute approximate surface area is 140 Å². The van der Waals surface area contributed by atoms with Gasteiger partial charge in [0.15, 0.2) is 0 Å². The van der Waals surface area contributed by atoms with Crippen LogP contribution < -0.4 is 10.7 Å². The third-order valence-corrected chi connectivity index (χ3v) is 3.27. The van der Waals surface area contributed by atoms with E-state index in [2.05, 4.69) is 15.8 Å². The van der Waals surface area contributed by atoms with Crippen molar-refractivity contribution >= 4 is 23.7 Å². The fraction of sp³-hybridized carbons (Fsp3) is 0.167. The zero-order valence-electron chi connectivity index (χ0n) is 13.3. The Morgan fingerprint density at radius 1 is 1.12 bits per heavy atom. The molecule has 6 heteroatoms. The Balaban J connectivity index is 1.84. The molecule has 2 aromatic rings. The molecule has 0 aliphatic rings. The number of phenolic OH excluding ortho intramolecular Hbond substituents is 1. The van der Waals surface area contributed by atoms with Gasteiger partial charge in [0, 0.05) is 5.69 Å². The third-order valence-electron chi connectivity index (χ3n) is 3.27. The standard InChI is InChI=1S/C18H19N3O3/c1-2-14-7-3-4-9-16(14)20-17(23)11-18(24)21-19-12-13-6-5-8-15(22)10-13/h3-10,12,22H,2,11H2,1H3,(H,20,23)(H,21,24). The molecule has 2 rings (SSSR count). The smallest absolute Gasteiger partial charge is 0.249 e. The van der Waals surface area contributed by atoms with Gasteiger partial charge in [0.25, 0.3) is 0 Å². The Morgan fingerprint density at radius 3 is 2.67 bits per heavy atom. The van der Waals surface area contributed by atoms with Crippen molar-refractivity contribution in [2.75, 3.05) is 5.32 Å². The Hall–Kier alpha value is -3.15. The first-order valence-corrected chi connectivity index (χ1v) is 7.57. The lowest BCUT2D eigenvalue weighted by Crippen LogP contribution is -2.25. The number of hydrogen-bond donors (Lipinski definition) is 3. The number of hydrazone groups is 1. The summed E-state index contributed by atoms with van der Waals surface area (Å²) in [5, 5.41) is 15.8. The van der Waals surface area contributed by atoms with E-state index in [0.717, 1.165) is 12.0 Å². The van der Waals surface area contributed by atoms with Crippen LogP contribution in [0, 0.1) is 0 Å². The molecule has 0 aromatic heterocycles. The first-order valence-electron chi connectivity index (χ1n) is 7.57. The molecule has 2 aromatic carbocycles. The van der Waals surface area contributed by atoms with E-state index in [1.165, 1.54) is 18.3 Å². The van der Waals surface area contributed by atoms with E-state index < -0.39 is 11.8 Å². The Kier molecular flexibility index (Phi) is 6.08. The number of para-hydroxylation sites is 1. The van der Waals surface area contributed by atoms with Gasteiger partial charge in [-0.3, -0.25) is 9.59 Å². The second-order valence-electron chi connectivity index (χ2n) is 5.12. The minimum atomic E-state index is -0.516. The molecule has 0 heterocycles. The summed E-state index contributed by atoms with van der Waals surface area (Å²) in [6, 6.07) is 13.9. The van der Waals surface area contributed by atoms with Crippen molar-refractivity contribution in [1.82, 2.24) is 5.43 Å². The van der Waals surface area contributed by atoms with Crippen LogP contribution in [0.25, 0.3) is 0 Å². The van der Waals surface area contributed by atoms with Crippen molar-refractivity contribution in [2.24, 2.45) is 5.10 Å². The van der Waals surface area contributed by atoms with Crippen LogP contribution in [-0.4, -0.2) is 23.1 Å². The highest BCUT2D eigenvalue weighted by Gasteiger charge is 2.10. The molecule has 0 unspecified atom stereocenters. The summed E-state index contributed by atoms with van der Waals surface area (Å²) < 4.78 is 0. The molecule has 0 bridgehead atoms. The molecule has 0 aliphatic heterocycles. The molecule has 2 amide bonds. The summed E-state index contributed by atoms with van der Waals surface area (Å²) in [5.74, 6) is -0.807. The number of anilines is 1. The van der Waals surface area contributed by atoms with Gasteiger partial charge in [-0.05, 0) is 35.7 Å². The van der Waals surface area contributed by atoms with Crippen molar-refractivity contribution in [2.45, 2.75) is 19.8 Å². The Bertz CT molecular complexity index is 757. The molecule has 0 radical (unpaired) electrons. The van der Waals surface area contributed by atoms with Crippen LogP contribution in [0.1, 0.15) is 24.5 Å². The van der Waals surface area contributed by atoms with Gasteiger partial charge in [-0.25, -0.2) is 5.43 Å². The third kappa shape index (κ3) is 5.24. The normalized spacial score (nSPS) is 10.5. The summed E-state index contributed by atoms with van der Waals surface area (Å²) >= 11 is 0. The fourth-order valence-electron chi connectivity index (χ4n) is 2.11. The van der Waals surface area contributed by atoms with Crippen molar-refractivity contribution in [3.05, 3.63) is 59.7 Å². The van der Waals surface area contributed by atoms with Crippen molar-refractivity contribution in [1.29, 1.82) is 0 Å². The van der Waals surface area contributed by atoms with Crippen LogP contribution in [0.3, 0.4) is 0 Å². The van der Waals surface area contributed by atoms with Gasteiger partial charge in [-0.2, -0.15) is 5.10 Å². The van der Waals surface area contributed by atoms with Crippen molar-refractivity contribution < 1.29 is 14.7 Å². The summed E-state index contributed by atoms with van der Waals surface area (Å²) in [6.45, 7) is 1.99. The molecule has 124 valence electrons. The number of aromatic hydroxyl groups is 1. The van der Waals surface area contributed by atoms with E-state index in [-0.39, 0.29) is 12.2 Å². The lowest BCUT2D eigenvalue weighted by atomic mass is 10.1. The van der Waals surface area contributed by atoms with Crippen molar-refractivity contribution in [3.8, 4) is 5.75 Å². The van der Waals surface area contributed by atoms with Crippen LogP contribution in [0.5, 0.6) is 5.75 Å². The molecule has 3 N–H and O–H groups in total. The number of nitrogens with one attached hydrogen (secondary N) is 2. The first-order chi connectivity index (χ1) is 11.6. The molecule has 0 aliphatic carbocycles. The molecular formula is C18H19N3O3. The van der Waals surface area contributed by atoms with Crippen LogP contribution in [0.15, 0.2) is 53.6 Å². The highest BCUT2D eigenvalue weighted by Crippen LogP contribution is 2.15. The predicted molar refractivity (Wildman–Crippen MR) is 92.9 cm³/mol. The maximum Gasteiger partial charge on any atom is 0.249 e. The quantitative estimate of drug-likeness (QED) is 0.433. The topological polar surface area (TPSA) is 90.8 Å². The van der Waals surface area contributed by atoms with Gasteiger partial charge in [0.1, 0.15) is 12.2 Å². The van der Waals surface area contributed by atoms with E-state index >= 15 is 0 Å². The average molecular weight is 325 g/mol. The van der Waals surface area contributed by atoms with Gasteiger partial charge in [0.05, 0.1) is 6.21 Å². The maximum absolute atomic E-state index is 11.9. The first kappa shape index (κ1) is 17.2. The largest absolute Gasteiger partial charge is 0.508 e.